The second kappa shape index (κ2) is 9.08. The van der Waals surface area contributed by atoms with Gasteiger partial charge in [0.2, 0.25) is 5.91 Å². The Kier molecular flexibility index (Phi) is 8.14. The fraction of sp³-hybridized carbons (Fsp3) is 0.667. The molecule has 4 nitrogen and oxygen atoms in total. The summed E-state index contributed by atoms with van der Waals surface area (Å²) in [6.07, 6.45) is 2.30. The molecule has 0 aromatic carbocycles. The smallest absolute Gasteiger partial charge is 0.236 e. The number of rotatable bonds is 5. The third-order valence-corrected chi connectivity index (χ3v) is 5.31. The average Bonchev–Trinajstić information content (AvgIpc) is 2.84. The lowest BCUT2D eigenvalue weighted by molar-refractivity contribution is -0.132. The van der Waals surface area contributed by atoms with Crippen LogP contribution in [-0.2, 0) is 11.3 Å². The highest BCUT2D eigenvalue weighted by molar-refractivity contribution is 7.16. The Morgan fingerprint density at radius 2 is 2.32 bits per heavy atom. The second-order valence-corrected chi connectivity index (χ2v) is 7.75. The molecule has 2 N–H and O–H groups in total. The summed E-state index contributed by atoms with van der Waals surface area (Å²) in [6.45, 7) is 5.10. The molecule has 1 fully saturated rings. The van der Waals surface area contributed by atoms with Gasteiger partial charge in [-0.2, -0.15) is 0 Å². The molecular weight excluding hydrogens is 341 g/mol. The minimum absolute atomic E-state index is 0. The number of hydrogen-bond donors (Lipinski definition) is 1. The van der Waals surface area contributed by atoms with Gasteiger partial charge in [-0.25, -0.2) is 0 Å². The average molecular weight is 366 g/mol. The Balaban J connectivity index is 0.00000242. The van der Waals surface area contributed by atoms with Crippen LogP contribution in [0.15, 0.2) is 12.1 Å². The molecule has 2 rings (SSSR count). The van der Waals surface area contributed by atoms with E-state index in [2.05, 4.69) is 11.8 Å². The van der Waals surface area contributed by atoms with Gasteiger partial charge in [0.25, 0.3) is 0 Å². The molecular formula is C15H25Cl2N3OS. The summed E-state index contributed by atoms with van der Waals surface area (Å²) in [5, 5.41) is 0. The number of likely N-dealkylation sites (N-methyl/N-ethyl adjacent to an activating group) is 1. The van der Waals surface area contributed by atoms with E-state index in [9.17, 15) is 4.79 Å². The van der Waals surface area contributed by atoms with Crippen LogP contribution in [0.4, 0.5) is 0 Å². The molecule has 1 aromatic rings. The molecule has 2 unspecified atom stereocenters. The zero-order valence-electron chi connectivity index (χ0n) is 13.1. The lowest BCUT2D eigenvalue weighted by atomic mass is 9.92. The molecule has 1 saturated heterocycles. The minimum Gasteiger partial charge on any atom is -0.340 e. The van der Waals surface area contributed by atoms with Gasteiger partial charge in [0.15, 0.2) is 0 Å². The quantitative estimate of drug-likeness (QED) is 0.872. The first-order valence-corrected chi connectivity index (χ1v) is 8.61. The number of carbonyl (C=O) groups excluding carboxylic acids is 1. The third-order valence-electron chi connectivity index (χ3n) is 4.09. The largest absolute Gasteiger partial charge is 0.340 e. The molecule has 1 aliphatic rings. The van der Waals surface area contributed by atoms with E-state index in [0.29, 0.717) is 19.0 Å². The van der Waals surface area contributed by atoms with E-state index in [1.807, 2.05) is 19.2 Å². The summed E-state index contributed by atoms with van der Waals surface area (Å²) >= 11 is 7.44. The number of piperidine rings is 1. The summed E-state index contributed by atoms with van der Waals surface area (Å²) in [5.41, 5.74) is 5.99. The number of nitrogens with zero attached hydrogens (tertiary/aromatic N) is 2. The first-order valence-electron chi connectivity index (χ1n) is 7.42. The number of hydrogen-bond acceptors (Lipinski definition) is 4. The lowest BCUT2D eigenvalue weighted by Crippen LogP contribution is -2.46. The number of thiophene rings is 1. The molecule has 2 atom stereocenters. The number of carbonyl (C=O) groups is 1. The molecule has 0 spiro atoms. The van der Waals surface area contributed by atoms with E-state index >= 15 is 0 Å². The van der Waals surface area contributed by atoms with E-state index in [-0.39, 0.29) is 24.4 Å². The molecule has 7 heteroatoms. The van der Waals surface area contributed by atoms with Crippen molar-refractivity contribution in [1.29, 1.82) is 0 Å². The zero-order chi connectivity index (χ0) is 15.4. The maximum atomic E-state index is 12.3. The molecule has 1 amide bonds. The van der Waals surface area contributed by atoms with Crippen LogP contribution in [-0.4, -0.2) is 48.4 Å². The maximum Gasteiger partial charge on any atom is 0.236 e. The molecule has 0 saturated carbocycles. The number of halogens is 2. The van der Waals surface area contributed by atoms with Crippen molar-refractivity contribution in [2.45, 2.75) is 32.4 Å². The van der Waals surface area contributed by atoms with Crippen molar-refractivity contribution in [1.82, 2.24) is 9.80 Å². The summed E-state index contributed by atoms with van der Waals surface area (Å²) < 4.78 is 0.765. The van der Waals surface area contributed by atoms with Gasteiger partial charge in [0.1, 0.15) is 0 Å². The first kappa shape index (κ1) is 19.7. The van der Waals surface area contributed by atoms with Crippen molar-refractivity contribution in [3.05, 3.63) is 21.3 Å². The predicted octanol–water partition coefficient (Wildman–Crippen LogP) is 2.84. The van der Waals surface area contributed by atoms with Crippen molar-refractivity contribution in [2.75, 3.05) is 26.7 Å². The van der Waals surface area contributed by atoms with Crippen LogP contribution >= 0.6 is 35.3 Å². The van der Waals surface area contributed by atoms with Crippen LogP contribution in [0.25, 0.3) is 0 Å². The van der Waals surface area contributed by atoms with Gasteiger partial charge >= 0.3 is 0 Å². The summed E-state index contributed by atoms with van der Waals surface area (Å²) in [5.74, 6) is 0.665. The van der Waals surface area contributed by atoms with Crippen molar-refractivity contribution >= 4 is 41.3 Å². The van der Waals surface area contributed by atoms with Crippen molar-refractivity contribution in [3.8, 4) is 0 Å². The third kappa shape index (κ3) is 5.70. The molecule has 0 aliphatic carbocycles. The highest BCUT2D eigenvalue weighted by Gasteiger charge is 2.24. The van der Waals surface area contributed by atoms with Crippen LogP contribution in [0.5, 0.6) is 0 Å². The zero-order valence-corrected chi connectivity index (χ0v) is 15.5. The predicted molar refractivity (Wildman–Crippen MR) is 95.9 cm³/mol. The molecule has 22 heavy (non-hydrogen) atoms. The SMILES string of the molecule is CC(N)C1CCCN(CC(=O)N(C)Cc2ccc(Cl)s2)C1.Cl. The number of amides is 1. The van der Waals surface area contributed by atoms with Crippen LogP contribution in [0, 0.1) is 5.92 Å². The van der Waals surface area contributed by atoms with E-state index in [0.717, 1.165) is 28.7 Å². The van der Waals surface area contributed by atoms with Crippen LogP contribution in [0.3, 0.4) is 0 Å². The van der Waals surface area contributed by atoms with Gasteiger partial charge in [-0.15, -0.1) is 23.7 Å². The standard InChI is InChI=1S/C15H24ClN3OS.ClH/c1-11(17)12-4-3-7-19(8-12)10-15(20)18(2)9-13-5-6-14(16)21-13;/h5-6,11-12H,3-4,7-10,17H2,1-2H3;1H. The summed E-state index contributed by atoms with van der Waals surface area (Å²) in [4.78, 5) is 17.4. The van der Waals surface area contributed by atoms with E-state index in [1.54, 1.807) is 4.90 Å². The Bertz CT molecular complexity index is 481. The fourth-order valence-electron chi connectivity index (χ4n) is 2.73. The Morgan fingerprint density at radius 1 is 1.59 bits per heavy atom. The topological polar surface area (TPSA) is 49.6 Å². The minimum atomic E-state index is 0. The van der Waals surface area contributed by atoms with Gasteiger partial charge in [0, 0.05) is 24.5 Å². The van der Waals surface area contributed by atoms with E-state index < -0.39 is 0 Å². The van der Waals surface area contributed by atoms with E-state index in [1.165, 1.54) is 17.8 Å². The summed E-state index contributed by atoms with van der Waals surface area (Å²) in [7, 11) is 1.85. The van der Waals surface area contributed by atoms with Crippen LogP contribution < -0.4 is 5.73 Å². The lowest BCUT2D eigenvalue weighted by Gasteiger charge is -2.34. The van der Waals surface area contributed by atoms with Gasteiger partial charge in [-0.05, 0) is 44.4 Å². The van der Waals surface area contributed by atoms with Gasteiger partial charge in [-0.3, -0.25) is 9.69 Å². The normalized spacial score (nSPS) is 20.3. The first-order chi connectivity index (χ1) is 9.95. The fourth-order valence-corrected chi connectivity index (χ4v) is 3.88. The van der Waals surface area contributed by atoms with E-state index in [4.69, 9.17) is 17.3 Å². The Labute approximate surface area is 148 Å². The molecule has 1 aliphatic heterocycles. The van der Waals surface area contributed by atoms with Crippen molar-refractivity contribution < 1.29 is 4.79 Å². The van der Waals surface area contributed by atoms with Crippen molar-refractivity contribution in [2.24, 2.45) is 11.7 Å². The molecule has 0 radical (unpaired) electrons. The van der Waals surface area contributed by atoms with Gasteiger partial charge in [0.05, 0.1) is 17.4 Å². The second-order valence-electron chi connectivity index (χ2n) is 5.95. The molecule has 126 valence electrons. The highest BCUT2D eigenvalue weighted by Crippen LogP contribution is 2.23. The monoisotopic (exact) mass is 365 g/mol. The molecule has 0 bridgehead atoms. The Hall–Kier alpha value is -0.330. The van der Waals surface area contributed by atoms with Crippen molar-refractivity contribution in [3.63, 3.8) is 0 Å². The number of nitrogens with two attached hydrogens (primary N) is 1. The summed E-state index contributed by atoms with van der Waals surface area (Å²) in [6, 6.07) is 4.05. The van der Waals surface area contributed by atoms with Crippen LogP contribution in [0.1, 0.15) is 24.6 Å². The van der Waals surface area contributed by atoms with Gasteiger partial charge in [-0.1, -0.05) is 11.6 Å². The van der Waals surface area contributed by atoms with Crippen LogP contribution in [0.2, 0.25) is 4.34 Å². The molecule has 1 aromatic heterocycles. The highest BCUT2D eigenvalue weighted by atomic mass is 35.5. The van der Waals surface area contributed by atoms with Gasteiger partial charge < -0.3 is 10.6 Å². The maximum absolute atomic E-state index is 12.3. The number of likely N-dealkylation sites (tertiary alicyclic amines) is 1. The Morgan fingerprint density at radius 3 is 2.91 bits per heavy atom. The molecule has 2 heterocycles.